The lowest BCUT2D eigenvalue weighted by Gasteiger charge is -2.42. The van der Waals surface area contributed by atoms with Crippen LogP contribution in [0.4, 0.5) is 0 Å². The number of carbonyl (C=O) groups excluding carboxylic acids is 2. The fourth-order valence-corrected chi connectivity index (χ4v) is 5.98. The number of carbonyl (C=O) groups is 2. The van der Waals surface area contributed by atoms with Crippen LogP contribution in [0.1, 0.15) is 73.6 Å². The average Bonchev–Trinajstić information content (AvgIpc) is 3.09. The van der Waals surface area contributed by atoms with E-state index in [2.05, 4.69) is 56.7 Å². The highest BCUT2D eigenvalue weighted by Crippen LogP contribution is 2.27. The molecular formula is C27H50N4O2. The average molecular weight is 463 g/mol. The van der Waals surface area contributed by atoms with E-state index in [9.17, 15) is 9.59 Å². The Hall–Kier alpha value is -1.14. The predicted octanol–water partition coefficient (Wildman–Crippen LogP) is 3.46. The number of nitrogens with one attached hydrogen (secondary N) is 1. The second-order valence-corrected chi connectivity index (χ2v) is 12.1. The van der Waals surface area contributed by atoms with Crippen molar-refractivity contribution in [2.45, 2.75) is 85.7 Å². The van der Waals surface area contributed by atoms with Gasteiger partial charge in [-0.3, -0.25) is 9.59 Å². The van der Waals surface area contributed by atoms with E-state index in [-0.39, 0.29) is 23.9 Å². The first-order valence-electron chi connectivity index (χ1n) is 13.7. The first kappa shape index (κ1) is 26.5. The summed E-state index contributed by atoms with van der Waals surface area (Å²) in [7, 11) is 0. The summed E-state index contributed by atoms with van der Waals surface area (Å²) in [4.78, 5) is 33.5. The molecule has 190 valence electrons. The van der Waals surface area contributed by atoms with Gasteiger partial charge in [-0.15, -0.1) is 0 Å². The fraction of sp³-hybridized carbons (Fsp3) is 0.926. The van der Waals surface area contributed by atoms with Crippen LogP contribution in [0.5, 0.6) is 0 Å². The number of piperazine rings is 1. The standard InChI is InChI=1S/C27H50N4O2/c1-19(2)15-24-26(32)31(14-10-28-24)25(16-20(3)4)27(33)30-12-8-23(9-13-30)7-11-29-17-21(5)22(6)18-29/h19-25,28H,7-18H2,1-6H3/t21-,22+,24-,25?/m0/s1. The minimum Gasteiger partial charge on any atom is -0.341 e. The largest absolute Gasteiger partial charge is 0.341 e. The summed E-state index contributed by atoms with van der Waals surface area (Å²) < 4.78 is 0. The van der Waals surface area contributed by atoms with Crippen molar-refractivity contribution in [1.82, 2.24) is 20.0 Å². The second-order valence-electron chi connectivity index (χ2n) is 12.1. The van der Waals surface area contributed by atoms with Crippen molar-refractivity contribution in [2.75, 3.05) is 45.8 Å². The van der Waals surface area contributed by atoms with Gasteiger partial charge in [0.05, 0.1) is 6.04 Å². The molecule has 0 aromatic carbocycles. The summed E-state index contributed by atoms with van der Waals surface area (Å²) in [5.74, 6) is 3.50. The van der Waals surface area contributed by atoms with Gasteiger partial charge in [-0.05, 0) is 68.2 Å². The van der Waals surface area contributed by atoms with E-state index in [0.717, 1.165) is 63.1 Å². The molecule has 2 amide bonds. The van der Waals surface area contributed by atoms with Gasteiger partial charge in [0.15, 0.2) is 0 Å². The maximum atomic E-state index is 13.7. The number of likely N-dealkylation sites (tertiary alicyclic amines) is 2. The Labute approximate surface area is 202 Å². The molecule has 0 aromatic heterocycles. The Morgan fingerprint density at radius 2 is 1.64 bits per heavy atom. The van der Waals surface area contributed by atoms with Gasteiger partial charge in [-0.1, -0.05) is 41.5 Å². The maximum Gasteiger partial charge on any atom is 0.245 e. The molecule has 0 spiro atoms. The normalized spacial score (nSPS) is 28.8. The number of hydrogen-bond acceptors (Lipinski definition) is 4. The molecule has 6 heteroatoms. The SMILES string of the molecule is CC(C)CC(C(=O)N1CCC(CCN2C[C@@H](C)[C@@H](C)C2)CC1)N1CCN[C@@H](CC(C)C)C1=O. The Kier molecular flexibility index (Phi) is 9.63. The summed E-state index contributed by atoms with van der Waals surface area (Å²) in [6.07, 6.45) is 5.04. The topological polar surface area (TPSA) is 55.9 Å². The molecule has 3 heterocycles. The molecule has 0 aromatic rings. The van der Waals surface area contributed by atoms with Gasteiger partial charge >= 0.3 is 0 Å². The number of rotatable bonds is 9. The van der Waals surface area contributed by atoms with Crippen LogP contribution in [-0.2, 0) is 9.59 Å². The minimum absolute atomic E-state index is 0.123. The van der Waals surface area contributed by atoms with Crippen molar-refractivity contribution in [3.05, 3.63) is 0 Å². The van der Waals surface area contributed by atoms with Crippen molar-refractivity contribution in [2.24, 2.45) is 29.6 Å². The monoisotopic (exact) mass is 462 g/mol. The molecular weight excluding hydrogens is 412 g/mol. The summed E-state index contributed by atoms with van der Waals surface area (Å²) in [6, 6.07) is -0.457. The molecule has 4 atom stereocenters. The van der Waals surface area contributed by atoms with E-state index < -0.39 is 0 Å². The van der Waals surface area contributed by atoms with Crippen LogP contribution in [0.15, 0.2) is 0 Å². The van der Waals surface area contributed by atoms with Crippen LogP contribution >= 0.6 is 0 Å². The van der Waals surface area contributed by atoms with Gasteiger partial charge in [0, 0.05) is 39.3 Å². The Balaban J connectivity index is 1.54. The zero-order chi connectivity index (χ0) is 24.1. The van der Waals surface area contributed by atoms with Gasteiger partial charge in [0.1, 0.15) is 6.04 Å². The van der Waals surface area contributed by atoms with Crippen molar-refractivity contribution in [1.29, 1.82) is 0 Å². The van der Waals surface area contributed by atoms with Gasteiger partial charge in [0.25, 0.3) is 0 Å². The van der Waals surface area contributed by atoms with Gasteiger partial charge in [-0.25, -0.2) is 0 Å². The second kappa shape index (κ2) is 12.0. The Morgan fingerprint density at radius 1 is 1.00 bits per heavy atom. The molecule has 0 aliphatic carbocycles. The summed E-state index contributed by atoms with van der Waals surface area (Å²) in [5, 5.41) is 3.39. The number of hydrogen-bond donors (Lipinski definition) is 1. The lowest BCUT2D eigenvalue weighted by molar-refractivity contribution is -0.150. The molecule has 3 saturated heterocycles. The third kappa shape index (κ3) is 7.17. The van der Waals surface area contributed by atoms with Gasteiger partial charge in [0.2, 0.25) is 11.8 Å². The molecule has 0 saturated carbocycles. The quantitative estimate of drug-likeness (QED) is 0.570. The van der Waals surface area contributed by atoms with Gasteiger partial charge < -0.3 is 20.0 Å². The van der Waals surface area contributed by atoms with Gasteiger partial charge in [-0.2, -0.15) is 0 Å². The maximum absolute atomic E-state index is 13.7. The predicted molar refractivity (Wildman–Crippen MR) is 135 cm³/mol. The Bertz CT molecular complexity index is 634. The molecule has 6 nitrogen and oxygen atoms in total. The smallest absolute Gasteiger partial charge is 0.245 e. The van der Waals surface area contributed by atoms with E-state index in [4.69, 9.17) is 0 Å². The van der Waals surface area contributed by atoms with Crippen LogP contribution in [0, 0.1) is 29.6 Å². The van der Waals surface area contributed by atoms with Crippen LogP contribution in [0.2, 0.25) is 0 Å². The van der Waals surface area contributed by atoms with E-state index in [0.29, 0.717) is 18.4 Å². The van der Waals surface area contributed by atoms with E-state index >= 15 is 0 Å². The third-order valence-corrected chi connectivity index (χ3v) is 8.23. The molecule has 33 heavy (non-hydrogen) atoms. The van der Waals surface area contributed by atoms with Crippen LogP contribution in [-0.4, -0.2) is 84.4 Å². The molecule has 0 radical (unpaired) electrons. The number of piperidine rings is 1. The lowest BCUT2D eigenvalue weighted by Crippen LogP contribution is -2.62. The van der Waals surface area contributed by atoms with Crippen molar-refractivity contribution in [3.63, 3.8) is 0 Å². The van der Waals surface area contributed by atoms with Crippen molar-refractivity contribution >= 4 is 11.8 Å². The molecule has 3 aliphatic rings. The minimum atomic E-state index is -0.307. The van der Waals surface area contributed by atoms with Crippen molar-refractivity contribution in [3.8, 4) is 0 Å². The summed E-state index contributed by atoms with van der Waals surface area (Å²) in [5.41, 5.74) is 0. The molecule has 1 unspecified atom stereocenters. The summed E-state index contributed by atoms with van der Waals surface area (Å²) in [6.45, 7) is 20.2. The zero-order valence-corrected chi connectivity index (χ0v) is 22.2. The van der Waals surface area contributed by atoms with E-state index in [1.54, 1.807) is 0 Å². The van der Waals surface area contributed by atoms with Crippen molar-refractivity contribution < 1.29 is 9.59 Å². The molecule has 0 bridgehead atoms. The molecule has 1 N–H and O–H groups in total. The highest BCUT2D eigenvalue weighted by Gasteiger charge is 2.39. The number of amides is 2. The zero-order valence-electron chi connectivity index (χ0n) is 22.2. The van der Waals surface area contributed by atoms with Crippen LogP contribution < -0.4 is 5.32 Å². The first-order chi connectivity index (χ1) is 15.7. The molecule has 3 rings (SSSR count). The first-order valence-corrected chi connectivity index (χ1v) is 13.7. The van der Waals surface area contributed by atoms with Crippen LogP contribution in [0.3, 0.4) is 0 Å². The fourth-order valence-electron chi connectivity index (χ4n) is 5.98. The molecule has 3 aliphatic heterocycles. The third-order valence-electron chi connectivity index (χ3n) is 8.23. The van der Waals surface area contributed by atoms with E-state index in [1.165, 1.54) is 26.1 Å². The number of nitrogens with zero attached hydrogens (tertiary/aromatic N) is 3. The Morgan fingerprint density at radius 3 is 2.21 bits per heavy atom. The van der Waals surface area contributed by atoms with Crippen LogP contribution in [0.25, 0.3) is 0 Å². The molecule has 3 fully saturated rings. The highest BCUT2D eigenvalue weighted by molar-refractivity contribution is 5.90. The van der Waals surface area contributed by atoms with E-state index in [1.807, 2.05) is 4.90 Å². The summed E-state index contributed by atoms with van der Waals surface area (Å²) >= 11 is 0. The lowest BCUT2D eigenvalue weighted by atomic mass is 9.91. The highest BCUT2D eigenvalue weighted by atomic mass is 16.2.